The summed E-state index contributed by atoms with van der Waals surface area (Å²) in [7, 11) is 0. The predicted octanol–water partition coefficient (Wildman–Crippen LogP) is 3.51. The van der Waals surface area contributed by atoms with Crippen LogP contribution in [0.1, 0.15) is 18.1 Å². The molecule has 1 aliphatic rings. The first kappa shape index (κ1) is 18.4. The highest BCUT2D eigenvalue weighted by Gasteiger charge is 2.19. The van der Waals surface area contributed by atoms with Gasteiger partial charge in [-0.25, -0.2) is 0 Å². The molecule has 8 heteroatoms. The molecule has 1 amide bonds. The molecule has 140 valence electrons. The van der Waals surface area contributed by atoms with Crippen molar-refractivity contribution in [2.75, 3.05) is 18.7 Å². The van der Waals surface area contributed by atoms with Crippen LogP contribution >= 0.6 is 0 Å². The maximum atomic E-state index is 12.2. The van der Waals surface area contributed by atoms with E-state index in [9.17, 15) is 14.9 Å². The zero-order chi connectivity index (χ0) is 19.2. The lowest BCUT2D eigenvalue weighted by Gasteiger charge is -2.19. The quantitative estimate of drug-likeness (QED) is 0.474. The number of nitrogens with zero attached hydrogens (tertiary/aromatic N) is 1. The summed E-state index contributed by atoms with van der Waals surface area (Å²) in [5, 5.41) is 13.8. The van der Waals surface area contributed by atoms with Gasteiger partial charge in [0.2, 0.25) is 5.91 Å². The summed E-state index contributed by atoms with van der Waals surface area (Å²) in [6.07, 6.45) is 2.79. The number of fused-ring (bicyclic) bond motifs is 1. The van der Waals surface area contributed by atoms with Gasteiger partial charge in [-0.05, 0) is 37.3 Å². The minimum absolute atomic E-state index is 0.0596. The zero-order valence-corrected chi connectivity index (χ0v) is 14.6. The third kappa shape index (κ3) is 4.62. The maximum Gasteiger partial charge on any atom is 0.270 e. The van der Waals surface area contributed by atoms with Crippen LogP contribution in [0.25, 0.3) is 6.08 Å². The molecule has 27 heavy (non-hydrogen) atoms. The number of hydrogen-bond donors (Lipinski definition) is 1. The van der Waals surface area contributed by atoms with Crippen LogP contribution in [0.2, 0.25) is 0 Å². The van der Waals surface area contributed by atoms with Gasteiger partial charge in [0.1, 0.15) is 11.5 Å². The van der Waals surface area contributed by atoms with Crippen molar-refractivity contribution >= 4 is 23.4 Å². The zero-order valence-electron chi connectivity index (χ0n) is 14.6. The van der Waals surface area contributed by atoms with Gasteiger partial charge in [0.25, 0.3) is 5.69 Å². The molecule has 8 nitrogen and oxygen atoms in total. The van der Waals surface area contributed by atoms with Crippen molar-refractivity contribution < 1.29 is 23.9 Å². The highest BCUT2D eigenvalue weighted by molar-refractivity contribution is 6.02. The standard InChI is InChI=1S/C19H18N2O6/c1-2-26-17-6-4-15(5-7-17)20-18(22)8-3-13-9-16(21(23)24)10-14-11-25-12-27-19(13)14/h3-10H,2,11-12H2,1H3,(H,20,22)/b8-3+. The Morgan fingerprint density at radius 2 is 2.11 bits per heavy atom. The molecule has 0 aliphatic carbocycles. The van der Waals surface area contributed by atoms with Gasteiger partial charge in [-0.2, -0.15) is 0 Å². The number of carbonyl (C=O) groups is 1. The van der Waals surface area contributed by atoms with E-state index in [-0.39, 0.29) is 25.0 Å². The first-order valence-corrected chi connectivity index (χ1v) is 8.30. The molecule has 3 rings (SSSR count). The van der Waals surface area contributed by atoms with Crippen LogP contribution in [-0.4, -0.2) is 24.2 Å². The Morgan fingerprint density at radius 1 is 1.33 bits per heavy atom. The molecule has 2 aromatic rings. The van der Waals surface area contributed by atoms with Crippen molar-refractivity contribution in [3.8, 4) is 11.5 Å². The Bertz CT molecular complexity index is 877. The van der Waals surface area contributed by atoms with Crippen molar-refractivity contribution in [3.05, 3.63) is 63.7 Å². The molecule has 2 aromatic carbocycles. The van der Waals surface area contributed by atoms with Gasteiger partial charge < -0.3 is 19.5 Å². The molecule has 0 bridgehead atoms. The maximum absolute atomic E-state index is 12.2. The van der Waals surface area contributed by atoms with Crippen molar-refractivity contribution in [1.82, 2.24) is 0 Å². The predicted molar refractivity (Wildman–Crippen MR) is 98.7 cm³/mol. The number of benzene rings is 2. The SMILES string of the molecule is CCOc1ccc(NC(=O)/C=C/c2cc([N+](=O)[O-])cc3c2OCOC3)cc1. The summed E-state index contributed by atoms with van der Waals surface area (Å²) in [6, 6.07) is 9.75. The Morgan fingerprint density at radius 3 is 2.81 bits per heavy atom. The number of rotatable bonds is 6. The fraction of sp³-hybridized carbons (Fsp3) is 0.211. The van der Waals surface area contributed by atoms with Gasteiger partial charge >= 0.3 is 0 Å². The summed E-state index contributed by atoms with van der Waals surface area (Å²) >= 11 is 0. The lowest BCUT2D eigenvalue weighted by atomic mass is 10.1. The number of ether oxygens (including phenoxy) is 3. The van der Waals surface area contributed by atoms with E-state index in [0.29, 0.717) is 34.9 Å². The second kappa shape index (κ2) is 8.33. The lowest BCUT2D eigenvalue weighted by molar-refractivity contribution is -0.385. The number of non-ortho nitro benzene ring substituents is 1. The van der Waals surface area contributed by atoms with Gasteiger partial charge in [-0.3, -0.25) is 14.9 Å². The lowest BCUT2D eigenvalue weighted by Crippen LogP contribution is -2.13. The molecule has 0 fully saturated rings. The first-order valence-electron chi connectivity index (χ1n) is 8.30. The number of anilines is 1. The van der Waals surface area contributed by atoms with Gasteiger partial charge in [0.15, 0.2) is 6.79 Å². The summed E-state index contributed by atoms with van der Waals surface area (Å²) in [6.45, 7) is 2.73. The van der Waals surface area contributed by atoms with Gasteiger partial charge in [-0.1, -0.05) is 0 Å². The number of amides is 1. The van der Waals surface area contributed by atoms with Crippen LogP contribution in [0.15, 0.2) is 42.5 Å². The van der Waals surface area contributed by atoms with Crippen LogP contribution in [-0.2, 0) is 16.1 Å². The largest absolute Gasteiger partial charge is 0.494 e. The Hall–Kier alpha value is -3.39. The fourth-order valence-corrected chi connectivity index (χ4v) is 2.61. The summed E-state index contributed by atoms with van der Waals surface area (Å²) in [4.78, 5) is 22.8. The number of nitro groups is 1. The van der Waals surface area contributed by atoms with Crippen molar-refractivity contribution in [1.29, 1.82) is 0 Å². The fourth-order valence-electron chi connectivity index (χ4n) is 2.61. The smallest absolute Gasteiger partial charge is 0.270 e. The average molecular weight is 370 g/mol. The van der Waals surface area contributed by atoms with E-state index in [2.05, 4.69) is 5.32 Å². The highest BCUT2D eigenvalue weighted by atomic mass is 16.7. The minimum atomic E-state index is -0.494. The van der Waals surface area contributed by atoms with Gasteiger partial charge in [0, 0.05) is 35.0 Å². The molecule has 0 radical (unpaired) electrons. The van der Waals surface area contributed by atoms with E-state index < -0.39 is 4.92 Å². The monoisotopic (exact) mass is 370 g/mol. The highest BCUT2D eigenvalue weighted by Crippen LogP contribution is 2.33. The summed E-state index contributed by atoms with van der Waals surface area (Å²) in [5.41, 5.74) is 1.54. The van der Waals surface area contributed by atoms with E-state index in [1.807, 2.05) is 6.92 Å². The number of hydrogen-bond acceptors (Lipinski definition) is 6. The summed E-state index contributed by atoms with van der Waals surface area (Å²) in [5.74, 6) is 0.831. The molecule has 1 N–H and O–H groups in total. The van der Waals surface area contributed by atoms with E-state index >= 15 is 0 Å². The third-order valence-electron chi connectivity index (χ3n) is 3.78. The Labute approximate surface area is 155 Å². The molecule has 1 aliphatic heterocycles. The Balaban J connectivity index is 1.75. The van der Waals surface area contributed by atoms with Crippen molar-refractivity contribution in [2.45, 2.75) is 13.5 Å². The normalized spacial score (nSPS) is 12.9. The number of nitrogens with one attached hydrogen (secondary N) is 1. The number of nitro benzene ring substituents is 1. The van der Waals surface area contributed by atoms with Crippen molar-refractivity contribution in [2.24, 2.45) is 0 Å². The van der Waals surface area contributed by atoms with Gasteiger partial charge in [-0.15, -0.1) is 0 Å². The van der Waals surface area contributed by atoms with Crippen LogP contribution in [0.4, 0.5) is 11.4 Å². The molecule has 0 atom stereocenters. The number of carbonyl (C=O) groups excluding carboxylic acids is 1. The van der Waals surface area contributed by atoms with Crippen LogP contribution in [0.5, 0.6) is 11.5 Å². The van der Waals surface area contributed by atoms with E-state index in [1.165, 1.54) is 24.3 Å². The molecule has 1 heterocycles. The van der Waals surface area contributed by atoms with Crippen LogP contribution in [0.3, 0.4) is 0 Å². The van der Waals surface area contributed by atoms with Crippen LogP contribution in [0, 0.1) is 10.1 Å². The van der Waals surface area contributed by atoms with Gasteiger partial charge in [0.05, 0.1) is 18.1 Å². The second-order valence-electron chi connectivity index (χ2n) is 5.67. The molecule has 0 saturated carbocycles. The molecular formula is C19H18N2O6. The second-order valence-corrected chi connectivity index (χ2v) is 5.67. The molecule has 0 spiro atoms. The summed E-state index contributed by atoms with van der Waals surface area (Å²) < 4.78 is 15.9. The van der Waals surface area contributed by atoms with Crippen molar-refractivity contribution in [3.63, 3.8) is 0 Å². The van der Waals surface area contributed by atoms with E-state index in [1.54, 1.807) is 24.3 Å². The molecule has 0 unspecified atom stereocenters. The third-order valence-corrected chi connectivity index (χ3v) is 3.78. The van der Waals surface area contributed by atoms with E-state index in [4.69, 9.17) is 14.2 Å². The first-order chi connectivity index (χ1) is 13.1. The molecule has 0 aromatic heterocycles. The Kier molecular flexibility index (Phi) is 5.68. The minimum Gasteiger partial charge on any atom is -0.494 e. The van der Waals surface area contributed by atoms with E-state index in [0.717, 1.165) is 0 Å². The topological polar surface area (TPSA) is 99.9 Å². The van der Waals surface area contributed by atoms with Crippen LogP contribution < -0.4 is 14.8 Å². The average Bonchev–Trinajstić information content (AvgIpc) is 2.67. The molecule has 0 saturated heterocycles. The molecular weight excluding hydrogens is 352 g/mol.